The largest absolute Gasteiger partial charge is 0.294 e. The molecular weight excluding hydrogens is 292 g/mol. The van der Waals surface area contributed by atoms with Crippen molar-refractivity contribution >= 4 is 21.8 Å². The highest BCUT2D eigenvalue weighted by Gasteiger charge is 2.39. The molecule has 0 spiro atoms. The summed E-state index contributed by atoms with van der Waals surface area (Å²) in [6, 6.07) is 4.16. The number of hydrogen-bond donors (Lipinski definition) is 1. The molecular formula is C14H16N2O4S. The molecule has 3 rings (SSSR count). The molecule has 2 aliphatic rings. The van der Waals surface area contributed by atoms with Crippen LogP contribution in [0, 0.1) is 0 Å². The van der Waals surface area contributed by atoms with E-state index in [4.69, 9.17) is 0 Å². The third-order valence-electron chi connectivity index (χ3n) is 4.05. The van der Waals surface area contributed by atoms with Crippen LogP contribution >= 0.6 is 0 Å². The first-order chi connectivity index (χ1) is 9.89. The molecule has 1 atom stereocenters. The van der Waals surface area contributed by atoms with Crippen LogP contribution in [0.1, 0.15) is 24.5 Å². The summed E-state index contributed by atoms with van der Waals surface area (Å²) >= 11 is 0. The quantitative estimate of drug-likeness (QED) is 0.792. The summed E-state index contributed by atoms with van der Waals surface area (Å²) < 4.78 is 26.3. The fourth-order valence-electron chi connectivity index (χ4n) is 2.83. The van der Waals surface area contributed by atoms with Gasteiger partial charge in [-0.15, -0.1) is 0 Å². The van der Waals surface area contributed by atoms with Crippen molar-refractivity contribution in [2.24, 2.45) is 0 Å². The first-order valence-corrected chi connectivity index (χ1v) is 8.31. The van der Waals surface area contributed by atoms with E-state index in [1.165, 1.54) is 12.5 Å². The Hall–Kier alpha value is -1.73. The Kier molecular flexibility index (Phi) is 3.33. The molecule has 1 N–H and O–H groups in total. The molecule has 2 amide bonds. The topological polar surface area (TPSA) is 83.6 Å². The minimum absolute atomic E-state index is 0.150. The first-order valence-electron chi connectivity index (χ1n) is 6.87. The van der Waals surface area contributed by atoms with Gasteiger partial charge in [-0.3, -0.25) is 14.9 Å². The highest BCUT2D eigenvalue weighted by atomic mass is 32.2. The number of carbonyl (C=O) groups is 2. The zero-order valence-corrected chi connectivity index (χ0v) is 12.4. The number of fused-ring (bicyclic) bond motifs is 1. The molecule has 6 nitrogen and oxygen atoms in total. The molecule has 21 heavy (non-hydrogen) atoms. The number of piperazine rings is 1. The molecule has 0 saturated carbocycles. The van der Waals surface area contributed by atoms with Gasteiger partial charge in [0.25, 0.3) is 0 Å². The Morgan fingerprint density at radius 1 is 1.19 bits per heavy atom. The molecule has 0 radical (unpaired) electrons. The van der Waals surface area contributed by atoms with Crippen LogP contribution in [-0.4, -0.2) is 37.1 Å². The van der Waals surface area contributed by atoms with Crippen LogP contribution in [0.15, 0.2) is 23.1 Å². The van der Waals surface area contributed by atoms with Crippen molar-refractivity contribution in [1.82, 2.24) is 9.62 Å². The third kappa shape index (κ3) is 2.36. The lowest BCUT2D eigenvalue weighted by molar-refractivity contribution is -0.136. The van der Waals surface area contributed by atoms with Gasteiger partial charge in [-0.1, -0.05) is 6.07 Å². The summed E-state index contributed by atoms with van der Waals surface area (Å²) in [5.74, 6) is -1.18. The van der Waals surface area contributed by atoms with Crippen LogP contribution in [-0.2, 0) is 32.5 Å². The number of rotatable bonds is 2. The van der Waals surface area contributed by atoms with Crippen molar-refractivity contribution in [3.63, 3.8) is 0 Å². The van der Waals surface area contributed by atoms with Gasteiger partial charge < -0.3 is 0 Å². The first kappa shape index (κ1) is 14.2. The third-order valence-corrected chi connectivity index (χ3v) is 5.96. The standard InChI is InChI=1S/C14H16N2O4S/c1-9-14(18)15-13(17)8-16(9)21(19,20)12-6-5-10-3-2-4-11(10)7-12/h5-7,9H,2-4,8H2,1H3,(H,15,17,18). The molecule has 1 aromatic rings. The van der Waals surface area contributed by atoms with Gasteiger partial charge in [-0.25, -0.2) is 8.42 Å². The van der Waals surface area contributed by atoms with E-state index in [1.54, 1.807) is 12.1 Å². The van der Waals surface area contributed by atoms with Crippen LogP contribution in [0.3, 0.4) is 0 Å². The maximum atomic E-state index is 12.7. The number of imide groups is 1. The van der Waals surface area contributed by atoms with Crippen molar-refractivity contribution in [3.8, 4) is 0 Å². The van der Waals surface area contributed by atoms with Gasteiger partial charge >= 0.3 is 0 Å². The fourth-order valence-corrected chi connectivity index (χ4v) is 4.43. The van der Waals surface area contributed by atoms with E-state index < -0.39 is 27.9 Å². The predicted octanol–water partition coefficient (Wildman–Crippen LogP) is 0.211. The molecule has 112 valence electrons. The Balaban J connectivity index is 2.00. The van der Waals surface area contributed by atoms with Gasteiger partial charge in [0, 0.05) is 0 Å². The lowest BCUT2D eigenvalue weighted by Gasteiger charge is -2.30. The molecule has 0 bridgehead atoms. The average molecular weight is 308 g/mol. The van der Waals surface area contributed by atoms with Crippen molar-refractivity contribution in [2.45, 2.75) is 37.1 Å². The number of hydrogen-bond acceptors (Lipinski definition) is 4. The van der Waals surface area contributed by atoms with Gasteiger partial charge in [0.15, 0.2) is 0 Å². The van der Waals surface area contributed by atoms with Gasteiger partial charge in [0.2, 0.25) is 21.8 Å². The zero-order chi connectivity index (χ0) is 15.2. The van der Waals surface area contributed by atoms with Crippen molar-refractivity contribution < 1.29 is 18.0 Å². The summed E-state index contributed by atoms with van der Waals surface area (Å²) in [5, 5.41) is 2.14. The fraction of sp³-hybridized carbons (Fsp3) is 0.429. The van der Waals surface area contributed by atoms with E-state index in [-0.39, 0.29) is 11.4 Å². The van der Waals surface area contributed by atoms with E-state index in [0.717, 1.165) is 29.1 Å². The van der Waals surface area contributed by atoms with Crippen LogP contribution in [0.2, 0.25) is 0 Å². The highest BCUT2D eigenvalue weighted by Crippen LogP contribution is 2.27. The minimum Gasteiger partial charge on any atom is -0.294 e. The number of aryl methyl sites for hydroxylation is 2. The second-order valence-electron chi connectivity index (χ2n) is 5.42. The number of sulfonamides is 1. The monoisotopic (exact) mass is 308 g/mol. The van der Waals surface area contributed by atoms with E-state index >= 15 is 0 Å². The zero-order valence-electron chi connectivity index (χ0n) is 11.6. The molecule has 1 heterocycles. The van der Waals surface area contributed by atoms with Crippen molar-refractivity contribution in [1.29, 1.82) is 0 Å². The van der Waals surface area contributed by atoms with Gasteiger partial charge in [-0.05, 0) is 49.4 Å². The predicted molar refractivity (Wildman–Crippen MR) is 75.0 cm³/mol. The molecule has 1 saturated heterocycles. The molecule has 7 heteroatoms. The van der Waals surface area contributed by atoms with Crippen molar-refractivity contribution in [2.75, 3.05) is 6.54 Å². The normalized spacial score (nSPS) is 23.0. The van der Waals surface area contributed by atoms with Crippen LogP contribution < -0.4 is 5.32 Å². The van der Waals surface area contributed by atoms with Crippen molar-refractivity contribution in [3.05, 3.63) is 29.3 Å². The molecule has 1 aromatic carbocycles. The van der Waals surface area contributed by atoms with Gasteiger partial charge in [0.05, 0.1) is 11.4 Å². The van der Waals surface area contributed by atoms with Gasteiger partial charge in [-0.2, -0.15) is 4.31 Å². The Labute approximate surface area is 123 Å². The van der Waals surface area contributed by atoms with E-state index in [1.807, 2.05) is 6.07 Å². The number of nitrogens with one attached hydrogen (secondary N) is 1. The molecule has 1 unspecified atom stereocenters. The van der Waals surface area contributed by atoms with Crippen LogP contribution in [0.5, 0.6) is 0 Å². The van der Waals surface area contributed by atoms with Gasteiger partial charge in [0.1, 0.15) is 6.04 Å². The maximum absolute atomic E-state index is 12.7. The molecule has 0 aromatic heterocycles. The van der Waals surface area contributed by atoms with E-state index in [2.05, 4.69) is 5.32 Å². The molecule has 1 fully saturated rings. The lowest BCUT2D eigenvalue weighted by atomic mass is 10.1. The summed E-state index contributed by atoms with van der Waals surface area (Å²) in [6.07, 6.45) is 2.87. The van der Waals surface area contributed by atoms with E-state index in [9.17, 15) is 18.0 Å². The number of carbonyl (C=O) groups excluding carboxylic acids is 2. The summed E-state index contributed by atoms with van der Waals surface area (Å²) in [7, 11) is -3.85. The number of nitrogens with zero attached hydrogens (tertiary/aromatic N) is 1. The minimum atomic E-state index is -3.85. The molecule has 1 aliphatic heterocycles. The summed E-state index contributed by atoms with van der Waals surface area (Å²) in [5.41, 5.74) is 2.21. The SMILES string of the molecule is CC1C(=O)NC(=O)CN1S(=O)(=O)c1ccc2c(c1)CCC2. The second-order valence-corrected chi connectivity index (χ2v) is 7.31. The lowest BCUT2D eigenvalue weighted by Crippen LogP contribution is -2.58. The van der Waals surface area contributed by atoms with Crippen LogP contribution in [0.25, 0.3) is 0 Å². The number of benzene rings is 1. The highest BCUT2D eigenvalue weighted by molar-refractivity contribution is 7.89. The summed E-state index contributed by atoms with van der Waals surface area (Å²) in [6.45, 7) is 1.15. The average Bonchev–Trinajstić information content (AvgIpc) is 2.89. The maximum Gasteiger partial charge on any atom is 0.244 e. The number of amides is 2. The van der Waals surface area contributed by atoms with Crippen LogP contribution in [0.4, 0.5) is 0 Å². The summed E-state index contributed by atoms with van der Waals surface area (Å²) in [4.78, 5) is 23.2. The second kappa shape index (κ2) is 4.92. The smallest absolute Gasteiger partial charge is 0.244 e. The van der Waals surface area contributed by atoms with E-state index in [0.29, 0.717) is 0 Å². The Morgan fingerprint density at radius 2 is 1.90 bits per heavy atom. The molecule has 1 aliphatic carbocycles. The Morgan fingerprint density at radius 3 is 2.67 bits per heavy atom. The Bertz CT molecular complexity index is 726.